The minimum absolute atomic E-state index is 0.0374. The fourth-order valence-corrected chi connectivity index (χ4v) is 3.45. The molecule has 120 valence electrons. The standard InChI is InChI=1S/C16H18N4O2S/c1-10(21)20-7-5-11-8-12(2-3-14(11)20)18-16(22)13-9-23-15(19-13)4-6-17/h2-3,8-9H,4-7,17H2,1H3,(H,18,22). The number of aromatic nitrogens is 1. The number of hydrogen-bond acceptors (Lipinski definition) is 5. The maximum absolute atomic E-state index is 12.2. The van der Waals surface area contributed by atoms with Gasteiger partial charge in [-0.3, -0.25) is 9.59 Å². The Bertz CT molecular complexity index is 756. The Hall–Kier alpha value is -2.25. The zero-order chi connectivity index (χ0) is 16.4. The number of carbonyl (C=O) groups is 2. The maximum atomic E-state index is 12.2. The number of amides is 2. The highest BCUT2D eigenvalue weighted by molar-refractivity contribution is 7.09. The van der Waals surface area contributed by atoms with Crippen molar-refractivity contribution in [1.82, 2.24) is 4.98 Å². The predicted octanol–water partition coefficient (Wildman–Crippen LogP) is 1.81. The van der Waals surface area contributed by atoms with Crippen molar-refractivity contribution in [2.45, 2.75) is 19.8 Å². The Labute approximate surface area is 138 Å². The Balaban J connectivity index is 1.73. The summed E-state index contributed by atoms with van der Waals surface area (Å²) < 4.78 is 0. The monoisotopic (exact) mass is 330 g/mol. The first-order valence-electron chi connectivity index (χ1n) is 7.45. The number of nitrogens with two attached hydrogens (primary N) is 1. The van der Waals surface area contributed by atoms with Gasteiger partial charge in [-0.05, 0) is 36.7 Å². The first-order valence-corrected chi connectivity index (χ1v) is 8.33. The van der Waals surface area contributed by atoms with Gasteiger partial charge in [-0.2, -0.15) is 0 Å². The van der Waals surface area contributed by atoms with E-state index in [0.29, 0.717) is 30.9 Å². The highest BCUT2D eigenvalue weighted by atomic mass is 32.1. The molecule has 1 aromatic heterocycles. The molecule has 0 saturated heterocycles. The summed E-state index contributed by atoms with van der Waals surface area (Å²) in [5, 5.41) is 5.46. The SMILES string of the molecule is CC(=O)N1CCc2cc(NC(=O)c3csc(CCN)n3)ccc21. The van der Waals surface area contributed by atoms with E-state index in [1.54, 1.807) is 17.2 Å². The summed E-state index contributed by atoms with van der Waals surface area (Å²) in [4.78, 5) is 29.8. The van der Waals surface area contributed by atoms with Crippen molar-refractivity contribution in [3.63, 3.8) is 0 Å². The molecule has 3 rings (SSSR count). The predicted molar refractivity (Wildman–Crippen MR) is 91.0 cm³/mol. The summed E-state index contributed by atoms with van der Waals surface area (Å²) in [6.07, 6.45) is 1.48. The van der Waals surface area contributed by atoms with Crippen molar-refractivity contribution in [2.75, 3.05) is 23.3 Å². The molecule has 1 aliphatic heterocycles. The van der Waals surface area contributed by atoms with Crippen molar-refractivity contribution >= 4 is 34.5 Å². The van der Waals surface area contributed by atoms with Crippen molar-refractivity contribution in [3.8, 4) is 0 Å². The van der Waals surface area contributed by atoms with E-state index in [4.69, 9.17) is 5.73 Å². The van der Waals surface area contributed by atoms with Crippen LogP contribution in [0.1, 0.15) is 28.0 Å². The van der Waals surface area contributed by atoms with Crippen molar-refractivity contribution in [3.05, 3.63) is 39.8 Å². The first-order chi connectivity index (χ1) is 11.1. The molecule has 7 heteroatoms. The molecular weight excluding hydrogens is 312 g/mol. The lowest BCUT2D eigenvalue weighted by Crippen LogP contribution is -2.25. The Morgan fingerprint density at radius 1 is 1.43 bits per heavy atom. The molecule has 0 bridgehead atoms. The lowest BCUT2D eigenvalue weighted by Gasteiger charge is -2.14. The molecule has 0 radical (unpaired) electrons. The molecule has 1 aliphatic rings. The summed E-state index contributed by atoms with van der Waals surface area (Å²) in [6.45, 7) is 2.77. The lowest BCUT2D eigenvalue weighted by atomic mass is 10.1. The van der Waals surface area contributed by atoms with Gasteiger partial charge in [0.1, 0.15) is 5.69 Å². The van der Waals surface area contributed by atoms with E-state index in [2.05, 4.69) is 10.3 Å². The number of benzene rings is 1. The topological polar surface area (TPSA) is 88.3 Å². The van der Waals surface area contributed by atoms with Gasteiger partial charge in [0, 0.05) is 36.6 Å². The van der Waals surface area contributed by atoms with E-state index < -0.39 is 0 Å². The van der Waals surface area contributed by atoms with Crippen LogP contribution in [0.25, 0.3) is 0 Å². The molecule has 0 atom stereocenters. The average molecular weight is 330 g/mol. The molecule has 2 heterocycles. The van der Waals surface area contributed by atoms with Crippen LogP contribution in [0.5, 0.6) is 0 Å². The second kappa shape index (κ2) is 6.47. The molecular formula is C16H18N4O2S. The van der Waals surface area contributed by atoms with Crippen LogP contribution in [0, 0.1) is 0 Å². The Morgan fingerprint density at radius 2 is 2.26 bits per heavy atom. The molecule has 0 spiro atoms. The first kappa shape index (κ1) is 15.6. The Morgan fingerprint density at radius 3 is 3.00 bits per heavy atom. The number of fused-ring (bicyclic) bond motifs is 1. The largest absolute Gasteiger partial charge is 0.330 e. The summed E-state index contributed by atoms with van der Waals surface area (Å²) in [5.41, 5.74) is 8.61. The van der Waals surface area contributed by atoms with Gasteiger partial charge in [-0.25, -0.2) is 4.98 Å². The number of nitrogens with one attached hydrogen (secondary N) is 1. The number of hydrogen-bond donors (Lipinski definition) is 2. The van der Waals surface area contributed by atoms with Crippen LogP contribution in [0.4, 0.5) is 11.4 Å². The van der Waals surface area contributed by atoms with Gasteiger partial charge in [0.05, 0.1) is 5.01 Å². The van der Waals surface area contributed by atoms with Gasteiger partial charge < -0.3 is 16.0 Å². The zero-order valence-corrected chi connectivity index (χ0v) is 13.7. The van der Waals surface area contributed by atoms with Crippen LogP contribution >= 0.6 is 11.3 Å². The molecule has 0 aliphatic carbocycles. The van der Waals surface area contributed by atoms with Crippen LogP contribution in [-0.4, -0.2) is 29.9 Å². The fraction of sp³-hybridized carbons (Fsp3) is 0.312. The van der Waals surface area contributed by atoms with E-state index in [1.807, 2.05) is 18.2 Å². The molecule has 2 aromatic rings. The maximum Gasteiger partial charge on any atom is 0.275 e. The quantitative estimate of drug-likeness (QED) is 0.895. The summed E-state index contributed by atoms with van der Waals surface area (Å²) in [6, 6.07) is 5.61. The van der Waals surface area contributed by atoms with Crippen molar-refractivity contribution in [1.29, 1.82) is 0 Å². The number of rotatable bonds is 4. The molecule has 0 unspecified atom stereocenters. The molecule has 2 amide bonds. The van der Waals surface area contributed by atoms with Crippen LogP contribution in [0.15, 0.2) is 23.6 Å². The number of nitrogens with zero attached hydrogens (tertiary/aromatic N) is 2. The molecule has 0 fully saturated rings. The van der Waals surface area contributed by atoms with Crippen molar-refractivity contribution < 1.29 is 9.59 Å². The van der Waals surface area contributed by atoms with Gasteiger partial charge in [-0.15, -0.1) is 11.3 Å². The molecule has 3 N–H and O–H groups in total. The minimum atomic E-state index is -0.231. The summed E-state index contributed by atoms with van der Waals surface area (Å²) >= 11 is 1.44. The second-order valence-electron chi connectivity index (χ2n) is 5.38. The van der Waals surface area contributed by atoms with Crippen LogP contribution in [-0.2, 0) is 17.6 Å². The highest BCUT2D eigenvalue weighted by Gasteiger charge is 2.22. The van der Waals surface area contributed by atoms with Crippen LogP contribution in [0.3, 0.4) is 0 Å². The van der Waals surface area contributed by atoms with E-state index in [1.165, 1.54) is 11.3 Å². The second-order valence-corrected chi connectivity index (χ2v) is 6.33. The summed E-state index contributed by atoms with van der Waals surface area (Å²) in [7, 11) is 0. The zero-order valence-electron chi connectivity index (χ0n) is 12.8. The third-order valence-electron chi connectivity index (χ3n) is 3.76. The number of anilines is 2. The third-order valence-corrected chi connectivity index (χ3v) is 4.66. The average Bonchev–Trinajstić information content (AvgIpc) is 3.13. The van der Waals surface area contributed by atoms with Crippen LogP contribution in [0.2, 0.25) is 0 Å². The smallest absolute Gasteiger partial charge is 0.275 e. The minimum Gasteiger partial charge on any atom is -0.330 e. The molecule has 6 nitrogen and oxygen atoms in total. The van der Waals surface area contributed by atoms with Gasteiger partial charge in [-0.1, -0.05) is 0 Å². The van der Waals surface area contributed by atoms with E-state index in [-0.39, 0.29) is 11.8 Å². The molecule has 1 aromatic carbocycles. The highest BCUT2D eigenvalue weighted by Crippen LogP contribution is 2.30. The normalized spacial score (nSPS) is 13.0. The number of carbonyl (C=O) groups excluding carboxylic acids is 2. The number of thiazole rings is 1. The Kier molecular flexibility index (Phi) is 4.40. The van der Waals surface area contributed by atoms with Gasteiger partial charge in [0.25, 0.3) is 5.91 Å². The fourth-order valence-electron chi connectivity index (χ4n) is 2.66. The molecule has 0 saturated carbocycles. The molecule has 23 heavy (non-hydrogen) atoms. The van der Waals surface area contributed by atoms with Gasteiger partial charge in [0.15, 0.2) is 0 Å². The van der Waals surface area contributed by atoms with Crippen LogP contribution < -0.4 is 16.0 Å². The summed E-state index contributed by atoms with van der Waals surface area (Å²) in [5.74, 6) is -0.193. The third kappa shape index (κ3) is 3.25. The van der Waals surface area contributed by atoms with E-state index in [0.717, 1.165) is 22.7 Å². The lowest BCUT2D eigenvalue weighted by molar-refractivity contribution is -0.116. The van der Waals surface area contributed by atoms with Gasteiger partial charge >= 0.3 is 0 Å². The van der Waals surface area contributed by atoms with E-state index in [9.17, 15) is 9.59 Å². The van der Waals surface area contributed by atoms with E-state index >= 15 is 0 Å². The van der Waals surface area contributed by atoms with Gasteiger partial charge in [0.2, 0.25) is 5.91 Å². The van der Waals surface area contributed by atoms with Crippen molar-refractivity contribution in [2.24, 2.45) is 5.73 Å².